The molecule has 2 aromatic carbocycles. The number of carbonyl (C=O) groups is 4. The number of fused-ring (bicyclic) bond motifs is 1. The number of imide groups is 2. The lowest BCUT2D eigenvalue weighted by molar-refractivity contribution is -0.136. The second-order valence-electron chi connectivity index (χ2n) is 16.9. The minimum atomic E-state index is -0.954. The van der Waals surface area contributed by atoms with Crippen molar-refractivity contribution in [3.63, 3.8) is 0 Å². The van der Waals surface area contributed by atoms with E-state index < -0.39 is 23.8 Å². The summed E-state index contributed by atoms with van der Waals surface area (Å²) in [6.45, 7) is 10.2. The third-order valence-corrected chi connectivity index (χ3v) is 13.9. The number of halogens is 1. The summed E-state index contributed by atoms with van der Waals surface area (Å²) in [5.74, 6) is -0.666. The van der Waals surface area contributed by atoms with Gasteiger partial charge in [0.25, 0.3) is 11.8 Å². The van der Waals surface area contributed by atoms with Gasteiger partial charge in [0.2, 0.25) is 11.8 Å². The number of nitrogens with zero attached hydrogens (tertiary/aromatic N) is 7. The lowest BCUT2D eigenvalue weighted by Crippen LogP contribution is -2.54. The molecule has 5 fully saturated rings. The molecule has 6 aliphatic rings. The summed E-state index contributed by atoms with van der Waals surface area (Å²) in [5, 5.41) is 12.1. The first-order valence-corrected chi connectivity index (χ1v) is 20.4. The Morgan fingerprint density at radius 2 is 1.59 bits per heavy atom. The average Bonchev–Trinajstić information content (AvgIpc) is 3.63. The van der Waals surface area contributed by atoms with Crippen molar-refractivity contribution in [3.05, 3.63) is 82.1 Å². The van der Waals surface area contributed by atoms with Gasteiger partial charge in [-0.1, -0.05) is 11.6 Å². The molecule has 6 aliphatic heterocycles. The van der Waals surface area contributed by atoms with Gasteiger partial charge in [-0.05, 0) is 124 Å². The van der Waals surface area contributed by atoms with E-state index in [-0.39, 0.29) is 18.7 Å². The molecule has 12 nitrogen and oxygen atoms in total. The van der Waals surface area contributed by atoms with E-state index in [1.54, 1.807) is 12.1 Å². The second-order valence-corrected chi connectivity index (χ2v) is 17.3. The summed E-state index contributed by atoms with van der Waals surface area (Å²) < 4.78 is 0. The zero-order chi connectivity index (χ0) is 38.7. The van der Waals surface area contributed by atoms with Crippen LogP contribution in [-0.2, 0) is 16.1 Å². The predicted octanol–water partition coefficient (Wildman–Crippen LogP) is 5.24. The Bertz CT molecular complexity index is 2110. The highest BCUT2D eigenvalue weighted by Gasteiger charge is 2.46. The molecular weight excluding hydrogens is 728 g/mol. The number of piperidine rings is 3. The molecule has 4 amide bonds. The maximum absolute atomic E-state index is 13.3. The van der Waals surface area contributed by atoms with Crippen LogP contribution in [0.5, 0.6) is 0 Å². The van der Waals surface area contributed by atoms with Gasteiger partial charge in [-0.2, -0.15) is 5.26 Å². The van der Waals surface area contributed by atoms with Crippen LogP contribution in [0.15, 0.2) is 54.7 Å². The summed E-state index contributed by atoms with van der Waals surface area (Å²) >= 11 is 6.38. The van der Waals surface area contributed by atoms with E-state index in [1.807, 2.05) is 24.3 Å². The number of carbonyl (C=O) groups excluding carboxylic acids is 4. The molecule has 1 aromatic heterocycles. The first-order valence-electron chi connectivity index (χ1n) is 20.1. The normalized spacial score (nSPS) is 24.4. The number of pyridine rings is 1. The van der Waals surface area contributed by atoms with Crippen LogP contribution < -0.4 is 20.0 Å². The van der Waals surface area contributed by atoms with E-state index in [1.165, 1.54) is 12.1 Å². The van der Waals surface area contributed by atoms with Crippen molar-refractivity contribution in [3.8, 4) is 6.07 Å². The molecule has 1 spiro atoms. The van der Waals surface area contributed by atoms with Crippen molar-refractivity contribution in [2.45, 2.75) is 70.5 Å². The zero-order valence-corrected chi connectivity index (χ0v) is 32.5. The third kappa shape index (κ3) is 6.68. The van der Waals surface area contributed by atoms with E-state index >= 15 is 0 Å². The third-order valence-electron chi connectivity index (χ3n) is 13.6. The Labute approximate surface area is 332 Å². The number of hydrogen-bond acceptors (Lipinski definition) is 10. The monoisotopic (exact) mass is 774 g/mol. The van der Waals surface area contributed by atoms with Crippen LogP contribution in [0, 0.1) is 28.6 Å². The van der Waals surface area contributed by atoms with Crippen LogP contribution in [0.25, 0.3) is 0 Å². The van der Waals surface area contributed by atoms with Crippen LogP contribution in [0.4, 0.5) is 17.1 Å². The van der Waals surface area contributed by atoms with Crippen molar-refractivity contribution >= 4 is 52.3 Å². The molecule has 0 saturated carbocycles. The molecule has 56 heavy (non-hydrogen) atoms. The topological polar surface area (TPSA) is 133 Å². The van der Waals surface area contributed by atoms with Gasteiger partial charge in [0.15, 0.2) is 0 Å². The predicted molar refractivity (Wildman–Crippen MR) is 213 cm³/mol. The number of aromatic nitrogens is 1. The Kier molecular flexibility index (Phi) is 9.49. The van der Waals surface area contributed by atoms with Crippen LogP contribution in [-0.4, -0.2) is 96.3 Å². The number of likely N-dealkylation sites (tertiary alicyclic amines) is 1. The Morgan fingerprint density at radius 1 is 0.857 bits per heavy atom. The molecule has 0 aliphatic carbocycles. The molecule has 5 saturated heterocycles. The van der Waals surface area contributed by atoms with Gasteiger partial charge in [0.05, 0.1) is 39.3 Å². The van der Waals surface area contributed by atoms with Gasteiger partial charge in [-0.25, -0.2) is 0 Å². The molecule has 0 radical (unpaired) electrons. The van der Waals surface area contributed by atoms with E-state index in [9.17, 15) is 24.4 Å². The van der Waals surface area contributed by atoms with Gasteiger partial charge in [-0.15, -0.1) is 0 Å². The fraction of sp³-hybridized carbons (Fsp3) is 0.488. The summed E-state index contributed by atoms with van der Waals surface area (Å²) in [7, 11) is 0. The number of nitriles is 1. The van der Waals surface area contributed by atoms with Gasteiger partial charge < -0.3 is 14.7 Å². The highest BCUT2D eigenvalue weighted by molar-refractivity contribution is 6.32. The van der Waals surface area contributed by atoms with Crippen molar-refractivity contribution in [2.24, 2.45) is 17.3 Å². The fourth-order valence-electron chi connectivity index (χ4n) is 10.2. The molecule has 0 bridgehead atoms. The van der Waals surface area contributed by atoms with E-state index in [2.05, 4.69) is 56.2 Å². The molecule has 1 unspecified atom stereocenters. The SMILES string of the molecule is C[C@H]1CC2(CCN(c3ccc(CN4CCC(C5CN(c6ccc7c(c6)C(=O)N(C6CCC(=O)NC6=O)C7=O)C5)CC4)nc3)CC2)CN1c1ccc(C#N)c(Cl)c1. The Hall–Kier alpha value is -4.99. The minimum Gasteiger partial charge on any atom is -0.371 e. The van der Waals surface area contributed by atoms with Gasteiger partial charge in [0, 0.05) is 63.1 Å². The summed E-state index contributed by atoms with van der Waals surface area (Å²) in [6, 6.07) is 17.3. The Balaban J connectivity index is 0.725. The zero-order valence-electron chi connectivity index (χ0n) is 31.8. The van der Waals surface area contributed by atoms with Crippen molar-refractivity contribution < 1.29 is 19.2 Å². The van der Waals surface area contributed by atoms with E-state index in [4.69, 9.17) is 16.6 Å². The summed E-state index contributed by atoms with van der Waals surface area (Å²) in [4.78, 5) is 66.1. The number of amides is 4. The quantitative estimate of drug-likeness (QED) is 0.318. The van der Waals surface area contributed by atoms with Crippen LogP contribution in [0.2, 0.25) is 5.02 Å². The summed E-state index contributed by atoms with van der Waals surface area (Å²) in [5.41, 5.74) is 5.80. The molecular formula is C43H47ClN8O4. The lowest BCUT2D eigenvalue weighted by atomic mass is 9.76. The molecule has 13 heteroatoms. The molecule has 2 atom stereocenters. The molecule has 1 N–H and O–H groups in total. The number of benzene rings is 2. The number of anilines is 3. The molecule has 7 heterocycles. The van der Waals surface area contributed by atoms with E-state index in [0.29, 0.717) is 45.0 Å². The van der Waals surface area contributed by atoms with Crippen LogP contribution in [0.3, 0.4) is 0 Å². The van der Waals surface area contributed by atoms with Gasteiger partial charge in [0.1, 0.15) is 12.1 Å². The highest BCUT2D eigenvalue weighted by Crippen LogP contribution is 2.46. The van der Waals surface area contributed by atoms with Crippen molar-refractivity contribution in [2.75, 3.05) is 60.5 Å². The number of nitrogens with one attached hydrogen (secondary N) is 1. The van der Waals surface area contributed by atoms with E-state index in [0.717, 1.165) is 100 Å². The largest absolute Gasteiger partial charge is 0.371 e. The number of hydrogen-bond donors (Lipinski definition) is 1. The first-order chi connectivity index (χ1) is 27.1. The highest BCUT2D eigenvalue weighted by atomic mass is 35.5. The second kappa shape index (κ2) is 14.5. The number of rotatable bonds is 7. The first kappa shape index (κ1) is 36.6. The molecule has 9 rings (SSSR count). The summed E-state index contributed by atoms with van der Waals surface area (Å²) in [6.07, 6.45) is 8.07. The average molecular weight is 775 g/mol. The lowest BCUT2D eigenvalue weighted by Gasteiger charge is -2.47. The standard InChI is InChI=1S/C43H47ClN8O4/c1-27-20-43(26-51(27)33-4-2-29(21-45)37(44)19-33)12-16-49(17-13-43)34-5-3-31(46-22-34)25-48-14-10-28(11-15-48)30-23-50(24-30)32-6-7-35-36(18-32)42(56)52(41(35)55)38-8-9-39(53)47-40(38)54/h2-7,18-19,22,27-28,30,38H,8-17,20,23-26H2,1H3,(H,47,53,54)/t27-,38?/m0/s1. The smallest absolute Gasteiger partial charge is 0.262 e. The van der Waals surface area contributed by atoms with Crippen molar-refractivity contribution in [1.82, 2.24) is 20.1 Å². The minimum absolute atomic E-state index is 0.105. The van der Waals surface area contributed by atoms with Crippen LogP contribution in [0.1, 0.15) is 83.8 Å². The molecule has 290 valence electrons. The van der Waals surface area contributed by atoms with Crippen molar-refractivity contribution in [1.29, 1.82) is 5.26 Å². The molecule has 3 aromatic rings. The maximum atomic E-state index is 13.3. The fourth-order valence-corrected chi connectivity index (χ4v) is 10.4. The Morgan fingerprint density at radius 3 is 2.29 bits per heavy atom. The van der Waals surface area contributed by atoms with Gasteiger partial charge >= 0.3 is 0 Å². The van der Waals surface area contributed by atoms with Gasteiger partial charge in [-0.3, -0.25) is 39.3 Å². The maximum Gasteiger partial charge on any atom is 0.262 e. The van der Waals surface area contributed by atoms with Crippen LogP contribution >= 0.6 is 11.6 Å².